The van der Waals surface area contributed by atoms with Crippen LogP contribution in [-0.4, -0.2) is 73.4 Å². The molecule has 1 amide bonds. The zero-order valence-corrected chi connectivity index (χ0v) is 38.1. The fraction of sp³-hybridized carbons (Fsp3) is 0.935. The number of amides is 1. The van der Waals surface area contributed by atoms with Crippen LogP contribution < -0.4 is 5.32 Å². The molecule has 0 aromatic rings. The molecule has 3 N–H and O–H groups in total. The lowest BCUT2D eigenvalue weighted by atomic mass is 10.0. The summed E-state index contributed by atoms with van der Waals surface area (Å²) in [5, 5.41) is 13.9. The monoisotopic (exact) mass is 802 g/mol. The van der Waals surface area contributed by atoms with Crippen LogP contribution >= 0.6 is 7.82 Å². The van der Waals surface area contributed by atoms with Crippen molar-refractivity contribution in [3.8, 4) is 0 Å². The Morgan fingerprint density at radius 3 is 1.40 bits per heavy atom. The van der Waals surface area contributed by atoms with Gasteiger partial charge in [-0.15, -0.1) is 0 Å². The van der Waals surface area contributed by atoms with Gasteiger partial charge in [0.2, 0.25) is 5.91 Å². The Bertz CT molecular complexity index is 911. The highest BCUT2D eigenvalue weighted by Gasteiger charge is 2.28. The second kappa shape index (κ2) is 38.7. The number of carbonyl (C=O) groups excluding carboxylic acids is 1. The lowest BCUT2D eigenvalue weighted by Crippen LogP contribution is -2.46. The predicted molar refractivity (Wildman–Crippen MR) is 235 cm³/mol. The standard InChI is InChI=1S/C46H93N2O6P/c1-6-8-10-12-14-16-18-20-21-22-23-24-25-26-27-28-30-32-34-36-38-40-46(50)47-44(43-54-55(51,52)53-42-41-48(3,4)5)45(49)39-37-35-33-31-29-19-17-15-13-11-9-7-2/h22-23,44-45,49H,6-21,24-43H2,1-5H3,(H-,47,50,51,52)/p+1/b23-22-. The predicted octanol–water partition coefficient (Wildman–Crippen LogP) is 13.1. The number of hydrogen-bond donors (Lipinski definition) is 3. The van der Waals surface area contributed by atoms with Crippen molar-refractivity contribution in [1.82, 2.24) is 5.32 Å². The van der Waals surface area contributed by atoms with Gasteiger partial charge in [-0.2, -0.15) is 0 Å². The number of hydrogen-bond acceptors (Lipinski definition) is 5. The van der Waals surface area contributed by atoms with Gasteiger partial charge in [0.1, 0.15) is 13.2 Å². The second-order valence-corrected chi connectivity index (χ2v) is 18.9. The SMILES string of the molecule is CCCCCCCCCC/C=C\CCCCCCCCCCCC(=O)NC(COP(=O)(O)OCC[N+](C)(C)C)C(O)CCCCCCCCCCCCCC. The van der Waals surface area contributed by atoms with Crippen molar-refractivity contribution in [2.24, 2.45) is 0 Å². The van der Waals surface area contributed by atoms with Crippen molar-refractivity contribution >= 4 is 13.7 Å². The molecule has 0 radical (unpaired) electrons. The van der Waals surface area contributed by atoms with Crippen LogP contribution in [0.1, 0.15) is 226 Å². The van der Waals surface area contributed by atoms with E-state index in [0.29, 0.717) is 23.9 Å². The fourth-order valence-corrected chi connectivity index (χ4v) is 7.72. The van der Waals surface area contributed by atoms with Crippen molar-refractivity contribution in [2.45, 2.75) is 238 Å². The van der Waals surface area contributed by atoms with E-state index in [1.165, 1.54) is 161 Å². The molecule has 3 unspecified atom stereocenters. The van der Waals surface area contributed by atoms with Crippen LogP contribution in [0.2, 0.25) is 0 Å². The zero-order valence-electron chi connectivity index (χ0n) is 37.2. The van der Waals surface area contributed by atoms with Gasteiger partial charge in [0.15, 0.2) is 0 Å². The number of nitrogens with one attached hydrogen (secondary N) is 1. The molecule has 0 rings (SSSR count). The van der Waals surface area contributed by atoms with Crippen LogP contribution in [0.5, 0.6) is 0 Å². The molecule has 0 aromatic heterocycles. The van der Waals surface area contributed by atoms with Crippen LogP contribution in [0, 0.1) is 0 Å². The summed E-state index contributed by atoms with van der Waals surface area (Å²) in [5.41, 5.74) is 0. The molecule has 0 heterocycles. The van der Waals surface area contributed by atoms with Crippen molar-refractivity contribution in [3.05, 3.63) is 12.2 Å². The highest BCUT2D eigenvalue weighted by molar-refractivity contribution is 7.47. The number of aliphatic hydroxyl groups excluding tert-OH is 1. The number of nitrogens with zero attached hydrogens (tertiary/aromatic N) is 1. The van der Waals surface area contributed by atoms with Crippen LogP contribution in [-0.2, 0) is 18.4 Å². The molecule has 0 aromatic carbocycles. The lowest BCUT2D eigenvalue weighted by Gasteiger charge is -2.26. The molecule has 3 atom stereocenters. The Hall–Kier alpha value is -0.760. The Kier molecular flexibility index (Phi) is 38.2. The van der Waals surface area contributed by atoms with E-state index in [2.05, 4.69) is 31.3 Å². The molecular formula is C46H94N2O6P+. The summed E-state index contributed by atoms with van der Waals surface area (Å²) in [7, 11) is 1.62. The number of rotatable bonds is 43. The average Bonchev–Trinajstić information content (AvgIpc) is 3.13. The normalized spacial score (nSPS) is 14.4. The minimum absolute atomic E-state index is 0.0762. The van der Waals surface area contributed by atoms with Crippen LogP contribution in [0.3, 0.4) is 0 Å². The quantitative estimate of drug-likeness (QED) is 0.0245. The maximum atomic E-state index is 12.9. The third kappa shape index (κ3) is 41.2. The molecular weight excluding hydrogens is 707 g/mol. The van der Waals surface area contributed by atoms with Gasteiger partial charge < -0.3 is 19.8 Å². The first-order valence-electron chi connectivity index (χ1n) is 23.6. The summed E-state index contributed by atoms with van der Waals surface area (Å²) in [4.78, 5) is 23.2. The number of quaternary nitrogens is 1. The first-order chi connectivity index (χ1) is 26.5. The van der Waals surface area contributed by atoms with Gasteiger partial charge in [0, 0.05) is 6.42 Å². The third-order valence-corrected chi connectivity index (χ3v) is 11.7. The molecule has 0 spiro atoms. The van der Waals surface area contributed by atoms with Gasteiger partial charge in [0.25, 0.3) is 0 Å². The molecule has 328 valence electrons. The summed E-state index contributed by atoms with van der Waals surface area (Å²) >= 11 is 0. The van der Waals surface area contributed by atoms with Crippen molar-refractivity contribution in [1.29, 1.82) is 0 Å². The summed E-state index contributed by atoms with van der Waals surface area (Å²) in [5.74, 6) is -0.145. The Balaban J connectivity index is 4.24. The molecule has 0 aliphatic carbocycles. The molecule has 8 nitrogen and oxygen atoms in total. The number of allylic oxidation sites excluding steroid dienone is 2. The molecule has 0 aliphatic rings. The fourth-order valence-electron chi connectivity index (χ4n) is 6.98. The molecule has 55 heavy (non-hydrogen) atoms. The van der Waals surface area contributed by atoms with Gasteiger partial charge in [-0.1, -0.05) is 193 Å². The number of phosphoric ester groups is 1. The van der Waals surface area contributed by atoms with E-state index in [9.17, 15) is 19.4 Å². The molecule has 0 bridgehead atoms. The minimum Gasteiger partial charge on any atom is -0.391 e. The van der Waals surface area contributed by atoms with Crippen molar-refractivity contribution < 1.29 is 32.9 Å². The minimum atomic E-state index is -4.31. The summed E-state index contributed by atoms with van der Waals surface area (Å²) in [6.45, 7) is 4.89. The largest absolute Gasteiger partial charge is 0.472 e. The molecule has 0 fully saturated rings. The van der Waals surface area contributed by atoms with Crippen molar-refractivity contribution in [2.75, 3.05) is 40.9 Å². The first-order valence-corrected chi connectivity index (χ1v) is 25.0. The molecule has 0 saturated heterocycles. The Morgan fingerprint density at radius 1 is 0.600 bits per heavy atom. The highest BCUT2D eigenvalue weighted by Crippen LogP contribution is 2.43. The van der Waals surface area contributed by atoms with Crippen LogP contribution in [0.4, 0.5) is 0 Å². The van der Waals surface area contributed by atoms with E-state index in [-0.39, 0.29) is 19.1 Å². The number of unbranched alkanes of at least 4 members (excludes halogenated alkanes) is 28. The molecule has 0 saturated carbocycles. The van der Waals surface area contributed by atoms with E-state index in [1.807, 2.05) is 21.1 Å². The zero-order chi connectivity index (χ0) is 40.7. The Labute approximate surface area is 342 Å². The smallest absolute Gasteiger partial charge is 0.391 e. The van der Waals surface area contributed by atoms with Gasteiger partial charge >= 0.3 is 7.82 Å². The van der Waals surface area contributed by atoms with Gasteiger partial charge in [-0.3, -0.25) is 13.8 Å². The number of phosphoric acid groups is 1. The maximum absolute atomic E-state index is 12.9. The average molecular weight is 802 g/mol. The maximum Gasteiger partial charge on any atom is 0.472 e. The topological polar surface area (TPSA) is 105 Å². The lowest BCUT2D eigenvalue weighted by molar-refractivity contribution is -0.870. The number of carbonyl (C=O) groups is 1. The van der Waals surface area contributed by atoms with Crippen LogP contribution in [0.25, 0.3) is 0 Å². The first kappa shape index (κ1) is 54.2. The van der Waals surface area contributed by atoms with Gasteiger partial charge in [-0.25, -0.2) is 4.57 Å². The summed E-state index contributed by atoms with van der Waals surface area (Å²) < 4.78 is 23.6. The van der Waals surface area contributed by atoms with Crippen LogP contribution in [0.15, 0.2) is 12.2 Å². The highest BCUT2D eigenvalue weighted by atomic mass is 31.2. The van der Waals surface area contributed by atoms with Gasteiger partial charge in [-0.05, 0) is 38.5 Å². The second-order valence-electron chi connectivity index (χ2n) is 17.5. The van der Waals surface area contributed by atoms with E-state index < -0.39 is 20.0 Å². The van der Waals surface area contributed by atoms with E-state index >= 15 is 0 Å². The molecule has 0 aliphatic heterocycles. The number of aliphatic hydroxyl groups is 1. The summed E-state index contributed by atoms with van der Waals surface area (Å²) in [6, 6.07) is -0.756. The molecule has 9 heteroatoms. The number of likely N-dealkylation sites (N-methyl/N-ethyl adjacent to an activating group) is 1. The summed E-state index contributed by atoms with van der Waals surface area (Å²) in [6.07, 6.45) is 43.8. The Morgan fingerprint density at radius 2 is 0.982 bits per heavy atom. The van der Waals surface area contributed by atoms with E-state index in [1.54, 1.807) is 0 Å². The van der Waals surface area contributed by atoms with Crippen molar-refractivity contribution in [3.63, 3.8) is 0 Å². The van der Waals surface area contributed by atoms with E-state index in [0.717, 1.165) is 38.5 Å². The van der Waals surface area contributed by atoms with E-state index in [4.69, 9.17) is 9.05 Å². The van der Waals surface area contributed by atoms with Gasteiger partial charge in [0.05, 0.1) is 39.9 Å². The third-order valence-electron chi connectivity index (χ3n) is 10.8.